The van der Waals surface area contributed by atoms with Crippen molar-refractivity contribution in [3.8, 4) is 0 Å². The fourth-order valence-corrected chi connectivity index (χ4v) is 2.80. The number of rotatable bonds is 5. The number of hydrogen-bond acceptors (Lipinski definition) is 3. The number of carbonyl (C=O) groups is 1. The number of para-hydroxylation sites is 1. The first-order valence-corrected chi connectivity index (χ1v) is 8.81. The Morgan fingerprint density at radius 3 is 2.44 bits per heavy atom. The fraction of sp³-hybridized carbons (Fsp3) is 0.100. The van der Waals surface area contributed by atoms with Crippen molar-refractivity contribution in [2.45, 2.75) is 6.92 Å². The highest BCUT2D eigenvalue weighted by Crippen LogP contribution is 2.21. The largest absolute Gasteiger partial charge is 0.354 e. The van der Waals surface area contributed by atoms with Gasteiger partial charge in [-0.1, -0.05) is 34.1 Å². The van der Waals surface area contributed by atoms with Gasteiger partial charge in [-0.3, -0.25) is 9.78 Å². The number of benzene rings is 2. The molecule has 0 unspecified atom stereocenters. The zero-order valence-electron chi connectivity index (χ0n) is 13.8. The van der Waals surface area contributed by atoms with Crippen molar-refractivity contribution in [3.63, 3.8) is 0 Å². The summed E-state index contributed by atoms with van der Waals surface area (Å²) < 4.78 is 1.02. The first-order valence-electron chi connectivity index (χ1n) is 8.02. The number of carbonyl (C=O) groups excluding carboxylic acids is 1. The molecule has 25 heavy (non-hydrogen) atoms. The van der Waals surface area contributed by atoms with Gasteiger partial charge in [0.15, 0.2) is 0 Å². The lowest BCUT2D eigenvalue weighted by Gasteiger charge is -2.21. The standard InChI is InChI=1S/C20H18BrN3O/c1-2-24(19-6-4-3-5-7-19)20(25)15-12-18(14-22-13-15)23-17-10-8-16(21)9-11-17/h3-14,23H,2H2,1H3. The van der Waals surface area contributed by atoms with E-state index in [0.717, 1.165) is 21.5 Å². The van der Waals surface area contributed by atoms with E-state index in [1.165, 1.54) is 0 Å². The molecule has 3 rings (SSSR count). The predicted octanol–water partition coefficient (Wildman–Crippen LogP) is 5.25. The number of amides is 1. The maximum absolute atomic E-state index is 12.9. The van der Waals surface area contributed by atoms with Crippen LogP contribution in [0.4, 0.5) is 17.1 Å². The van der Waals surface area contributed by atoms with E-state index in [9.17, 15) is 4.79 Å². The van der Waals surface area contributed by atoms with Gasteiger partial charge in [0.05, 0.1) is 17.4 Å². The van der Waals surface area contributed by atoms with Gasteiger partial charge in [-0.25, -0.2) is 0 Å². The van der Waals surface area contributed by atoms with E-state index in [2.05, 4.69) is 26.2 Å². The summed E-state index contributed by atoms with van der Waals surface area (Å²) >= 11 is 3.42. The van der Waals surface area contributed by atoms with Gasteiger partial charge in [-0.2, -0.15) is 0 Å². The van der Waals surface area contributed by atoms with E-state index < -0.39 is 0 Å². The molecule has 0 atom stereocenters. The first kappa shape index (κ1) is 17.2. The molecule has 0 aliphatic carbocycles. The molecule has 126 valence electrons. The second-order valence-corrected chi connectivity index (χ2v) is 6.39. The van der Waals surface area contributed by atoms with Crippen LogP contribution in [0, 0.1) is 0 Å². The van der Waals surface area contributed by atoms with Crippen LogP contribution in [-0.4, -0.2) is 17.4 Å². The highest BCUT2D eigenvalue weighted by Gasteiger charge is 2.16. The Morgan fingerprint density at radius 1 is 1.04 bits per heavy atom. The fourth-order valence-electron chi connectivity index (χ4n) is 2.53. The molecule has 1 heterocycles. The van der Waals surface area contributed by atoms with E-state index in [1.807, 2.05) is 67.6 Å². The summed E-state index contributed by atoms with van der Waals surface area (Å²) in [6.45, 7) is 2.55. The summed E-state index contributed by atoms with van der Waals surface area (Å²) in [5, 5.41) is 3.27. The molecular weight excluding hydrogens is 378 g/mol. The van der Waals surface area contributed by atoms with Crippen LogP contribution >= 0.6 is 15.9 Å². The molecule has 3 aromatic rings. The smallest absolute Gasteiger partial charge is 0.259 e. The SMILES string of the molecule is CCN(C(=O)c1cncc(Nc2ccc(Br)cc2)c1)c1ccccc1. The molecule has 2 aromatic carbocycles. The Hall–Kier alpha value is -2.66. The summed E-state index contributed by atoms with van der Waals surface area (Å²) in [7, 11) is 0. The van der Waals surface area contributed by atoms with Crippen LogP contribution in [-0.2, 0) is 0 Å². The summed E-state index contributed by atoms with van der Waals surface area (Å²) in [5.41, 5.74) is 3.14. The number of hydrogen-bond donors (Lipinski definition) is 1. The Labute approximate surface area is 155 Å². The highest BCUT2D eigenvalue weighted by atomic mass is 79.9. The second-order valence-electron chi connectivity index (χ2n) is 5.48. The summed E-state index contributed by atoms with van der Waals surface area (Å²) in [5.74, 6) is -0.0688. The number of pyridine rings is 1. The van der Waals surface area contributed by atoms with Crippen LogP contribution in [0.2, 0.25) is 0 Å². The Morgan fingerprint density at radius 2 is 1.76 bits per heavy atom. The van der Waals surface area contributed by atoms with Crippen molar-refractivity contribution in [3.05, 3.63) is 83.1 Å². The van der Waals surface area contributed by atoms with Crippen molar-refractivity contribution < 1.29 is 4.79 Å². The van der Waals surface area contributed by atoms with E-state index in [-0.39, 0.29) is 5.91 Å². The molecule has 1 aromatic heterocycles. The topological polar surface area (TPSA) is 45.2 Å². The zero-order valence-corrected chi connectivity index (χ0v) is 15.4. The number of nitrogens with zero attached hydrogens (tertiary/aromatic N) is 2. The van der Waals surface area contributed by atoms with E-state index in [0.29, 0.717) is 12.1 Å². The number of aromatic nitrogens is 1. The lowest BCUT2D eigenvalue weighted by atomic mass is 10.2. The molecule has 1 N–H and O–H groups in total. The third-order valence-corrected chi connectivity index (χ3v) is 4.28. The minimum atomic E-state index is -0.0688. The van der Waals surface area contributed by atoms with E-state index in [4.69, 9.17) is 0 Å². The highest BCUT2D eigenvalue weighted by molar-refractivity contribution is 9.10. The average molecular weight is 396 g/mol. The Kier molecular flexibility index (Phi) is 5.46. The van der Waals surface area contributed by atoms with Crippen LogP contribution in [0.15, 0.2) is 77.5 Å². The molecule has 0 spiro atoms. The molecule has 0 radical (unpaired) electrons. The van der Waals surface area contributed by atoms with Gasteiger partial charge in [0.2, 0.25) is 0 Å². The van der Waals surface area contributed by atoms with Crippen molar-refractivity contribution in [1.82, 2.24) is 4.98 Å². The van der Waals surface area contributed by atoms with Gasteiger partial charge in [0.1, 0.15) is 0 Å². The Bertz CT molecular complexity index is 850. The van der Waals surface area contributed by atoms with E-state index >= 15 is 0 Å². The summed E-state index contributed by atoms with van der Waals surface area (Å²) in [4.78, 5) is 18.8. The molecule has 0 saturated heterocycles. The van der Waals surface area contributed by atoms with Crippen molar-refractivity contribution in [1.29, 1.82) is 0 Å². The number of halogens is 1. The third kappa shape index (κ3) is 4.25. The molecule has 0 bridgehead atoms. The van der Waals surface area contributed by atoms with Gasteiger partial charge >= 0.3 is 0 Å². The van der Waals surface area contributed by atoms with Crippen LogP contribution in [0.3, 0.4) is 0 Å². The molecule has 4 nitrogen and oxygen atoms in total. The van der Waals surface area contributed by atoms with E-state index in [1.54, 1.807) is 17.3 Å². The van der Waals surface area contributed by atoms with Crippen LogP contribution < -0.4 is 10.2 Å². The summed E-state index contributed by atoms with van der Waals surface area (Å²) in [6, 6.07) is 19.3. The Balaban J connectivity index is 1.82. The number of nitrogens with one attached hydrogen (secondary N) is 1. The maximum atomic E-state index is 12.9. The molecule has 0 fully saturated rings. The summed E-state index contributed by atoms with van der Waals surface area (Å²) in [6.07, 6.45) is 3.30. The zero-order chi connectivity index (χ0) is 17.6. The van der Waals surface area contributed by atoms with Gasteiger partial charge in [0.25, 0.3) is 5.91 Å². The molecular formula is C20H18BrN3O. The van der Waals surface area contributed by atoms with Crippen LogP contribution in [0.1, 0.15) is 17.3 Å². The van der Waals surface area contributed by atoms with Gasteiger partial charge in [-0.05, 0) is 49.4 Å². The average Bonchev–Trinajstić information content (AvgIpc) is 2.65. The predicted molar refractivity (Wildman–Crippen MR) is 105 cm³/mol. The third-order valence-electron chi connectivity index (χ3n) is 3.75. The molecule has 0 aliphatic heterocycles. The normalized spacial score (nSPS) is 10.3. The van der Waals surface area contributed by atoms with Crippen molar-refractivity contribution >= 4 is 38.9 Å². The monoisotopic (exact) mass is 395 g/mol. The molecule has 0 saturated carbocycles. The van der Waals surface area contributed by atoms with Crippen molar-refractivity contribution in [2.75, 3.05) is 16.8 Å². The second kappa shape index (κ2) is 7.94. The quantitative estimate of drug-likeness (QED) is 0.640. The maximum Gasteiger partial charge on any atom is 0.259 e. The van der Waals surface area contributed by atoms with Crippen LogP contribution in [0.25, 0.3) is 0 Å². The van der Waals surface area contributed by atoms with Gasteiger partial charge in [-0.15, -0.1) is 0 Å². The van der Waals surface area contributed by atoms with Gasteiger partial charge in [0, 0.05) is 28.6 Å². The minimum Gasteiger partial charge on any atom is -0.354 e. The molecule has 0 aliphatic rings. The van der Waals surface area contributed by atoms with Crippen LogP contribution in [0.5, 0.6) is 0 Å². The lowest BCUT2D eigenvalue weighted by Crippen LogP contribution is -2.30. The lowest BCUT2D eigenvalue weighted by molar-refractivity contribution is 0.0988. The first-order chi connectivity index (χ1) is 12.2. The van der Waals surface area contributed by atoms with Crippen molar-refractivity contribution in [2.24, 2.45) is 0 Å². The minimum absolute atomic E-state index is 0.0688. The molecule has 1 amide bonds. The van der Waals surface area contributed by atoms with Gasteiger partial charge < -0.3 is 10.2 Å². The number of anilines is 3. The molecule has 5 heteroatoms.